The topological polar surface area (TPSA) is 59.2 Å². The molecular formula is C15H23N3O. The first-order valence-electron chi connectivity index (χ1n) is 6.99. The number of aromatic nitrogens is 1. The van der Waals surface area contributed by atoms with Gasteiger partial charge in [-0.2, -0.15) is 0 Å². The summed E-state index contributed by atoms with van der Waals surface area (Å²) in [5, 5.41) is 0. The molecule has 1 saturated heterocycles. The van der Waals surface area contributed by atoms with Gasteiger partial charge in [0.1, 0.15) is 0 Å². The summed E-state index contributed by atoms with van der Waals surface area (Å²) in [7, 11) is 0. The van der Waals surface area contributed by atoms with Gasteiger partial charge in [-0.15, -0.1) is 0 Å². The van der Waals surface area contributed by atoms with Crippen LogP contribution in [0, 0.1) is 12.3 Å². The highest BCUT2D eigenvalue weighted by Crippen LogP contribution is 2.33. The van der Waals surface area contributed by atoms with E-state index < -0.39 is 0 Å². The average Bonchev–Trinajstić information content (AvgIpc) is 2.41. The molecule has 0 aromatic carbocycles. The molecule has 1 atom stereocenters. The van der Waals surface area contributed by atoms with E-state index in [0.29, 0.717) is 0 Å². The fourth-order valence-electron chi connectivity index (χ4n) is 2.85. The molecule has 1 fully saturated rings. The van der Waals surface area contributed by atoms with Crippen LogP contribution in [0.25, 0.3) is 0 Å². The van der Waals surface area contributed by atoms with Crippen LogP contribution in [-0.4, -0.2) is 28.9 Å². The molecule has 1 aliphatic heterocycles. The van der Waals surface area contributed by atoms with Gasteiger partial charge >= 0.3 is 0 Å². The molecule has 4 heteroatoms. The van der Waals surface area contributed by atoms with E-state index in [-0.39, 0.29) is 11.3 Å². The number of likely N-dealkylation sites (tertiary alicyclic amines) is 1. The number of hydrogen-bond donors (Lipinski definition) is 1. The molecule has 19 heavy (non-hydrogen) atoms. The van der Waals surface area contributed by atoms with Gasteiger partial charge < -0.3 is 5.73 Å². The summed E-state index contributed by atoms with van der Waals surface area (Å²) in [5.41, 5.74) is 7.49. The Kier molecular flexibility index (Phi) is 4.20. The van der Waals surface area contributed by atoms with Crippen LogP contribution in [0.4, 0.5) is 0 Å². The number of hydrogen-bond acceptors (Lipinski definition) is 3. The number of amides is 1. The van der Waals surface area contributed by atoms with Crippen molar-refractivity contribution in [1.29, 1.82) is 0 Å². The van der Waals surface area contributed by atoms with Gasteiger partial charge in [0.25, 0.3) is 0 Å². The highest BCUT2D eigenvalue weighted by atomic mass is 16.1. The molecule has 1 aromatic rings. The second kappa shape index (κ2) is 5.70. The molecular weight excluding hydrogens is 238 g/mol. The predicted molar refractivity (Wildman–Crippen MR) is 75.4 cm³/mol. The molecule has 0 radical (unpaired) electrons. The Morgan fingerprint density at radius 3 is 2.89 bits per heavy atom. The van der Waals surface area contributed by atoms with Crippen molar-refractivity contribution in [2.24, 2.45) is 11.1 Å². The van der Waals surface area contributed by atoms with Crippen molar-refractivity contribution >= 4 is 5.91 Å². The Morgan fingerprint density at radius 1 is 1.53 bits per heavy atom. The molecule has 1 unspecified atom stereocenters. The van der Waals surface area contributed by atoms with E-state index in [2.05, 4.69) is 28.9 Å². The van der Waals surface area contributed by atoms with Crippen LogP contribution in [-0.2, 0) is 11.3 Å². The first-order chi connectivity index (χ1) is 9.05. The summed E-state index contributed by atoms with van der Waals surface area (Å²) in [4.78, 5) is 18.5. The monoisotopic (exact) mass is 261 g/mol. The third-order valence-electron chi connectivity index (χ3n) is 4.21. The maximum atomic E-state index is 11.7. The predicted octanol–water partition coefficient (Wildman–Crippen LogP) is 1.87. The highest BCUT2D eigenvalue weighted by Gasteiger charge is 2.39. The fraction of sp³-hybridized carbons (Fsp3) is 0.600. The van der Waals surface area contributed by atoms with E-state index in [9.17, 15) is 4.79 Å². The second-order valence-electron chi connectivity index (χ2n) is 5.64. The normalized spacial score (nSPS) is 24.3. The Hall–Kier alpha value is -1.42. The molecule has 2 heterocycles. The van der Waals surface area contributed by atoms with Crippen molar-refractivity contribution in [3.05, 3.63) is 29.6 Å². The molecule has 2 N–H and O–H groups in total. The lowest BCUT2D eigenvalue weighted by molar-refractivity contribution is -0.131. The van der Waals surface area contributed by atoms with Crippen molar-refractivity contribution in [2.45, 2.75) is 39.7 Å². The van der Waals surface area contributed by atoms with Crippen LogP contribution in [0.2, 0.25) is 0 Å². The zero-order valence-electron chi connectivity index (χ0n) is 11.9. The summed E-state index contributed by atoms with van der Waals surface area (Å²) in [6, 6.07) is 4.13. The summed E-state index contributed by atoms with van der Waals surface area (Å²) in [5.74, 6) is -0.156. The maximum absolute atomic E-state index is 11.7. The van der Waals surface area contributed by atoms with Gasteiger partial charge in [0.05, 0.1) is 11.1 Å². The van der Waals surface area contributed by atoms with Crippen LogP contribution < -0.4 is 5.73 Å². The first kappa shape index (κ1) is 14.0. The van der Waals surface area contributed by atoms with Crippen molar-refractivity contribution < 1.29 is 4.79 Å². The number of carbonyl (C=O) groups is 1. The first-order valence-corrected chi connectivity index (χ1v) is 6.99. The van der Waals surface area contributed by atoms with Gasteiger partial charge in [0.15, 0.2) is 0 Å². The van der Waals surface area contributed by atoms with Crippen molar-refractivity contribution in [3.63, 3.8) is 0 Å². The number of primary amides is 1. The Balaban J connectivity index is 2.05. The molecule has 1 aliphatic rings. The molecule has 0 bridgehead atoms. The van der Waals surface area contributed by atoms with Crippen molar-refractivity contribution in [3.8, 4) is 0 Å². The standard InChI is InChI=1S/C15H23N3O/c1-3-15(14(16)19)7-4-8-18(11-15)10-13-6-5-12(2)9-17-13/h5-6,9H,3-4,7-8,10-11H2,1-2H3,(H2,16,19). The van der Waals surface area contributed by atoms with Gasteiger partial charge in [-0.25, -0.2) is 0 Å². The third-order valence-corrected chi connectivity index (χ3v) is 4.21. The lowest BCUT2D eigenvalue weighted by Crippen LogP contribution is -2.49. The maximum Gasteiger partial charge on any atom is 0.224 e. The summed E-state index contributed by atoms with van der Waals surface area (Å²) in [6.07, 6.45) is 4.65. The van der Waals surface area contributed by atoms with E-state index in [1.807, 2.05) is 13.1 Å². The van der Waals surface area contributed by atoms with Crippen LogP contribution >= 0.6 is 0 Å². The van der Waals surface area contributed by atoms with E-state index >= 15 is 0 Å². The lowest BCUT2D eigenvalue weighted by atomic mass is 9.77. The number of rotatable bonds is 4. The van der Waals surface area contributed by atoms with Gasteiger partial charge in [-0.3, -0.25) is 14.7 Å². The Labute approximate surface area is 115 Å². The lowest BCUT2D eigenvalue weighted by Gasteiger charge is -2.40. The summed E-state index contributed by atoms with van der Waals surface area (Å²) >= 11 is 0. The number of nitrogens with two attached hydrogens (primary N) is 1. The van der Waals surface area contributed by atoms with Crippen LogP contribution in [0.5, 0.6) is 0 Å². The molecule has 1 amide bonds. The fourth-order valence-corrected chi connectivity index (χ4v) is 2.85. The minimum absolute atomic E-state index is 0.156. The SMILES string of the molecule is CCC1(C(N)=O)CCCN(Cc2ccc(C)cn2)C1. The van der Waals surface area contributed by atoms with E-state index in [0.717, 1.165) is 44.6 Å². The smallest absolute Gasteiger partial charge is 0.224 e. The van der Waals surface area contributed by atoms with E-state index in [1.165, 1.54) is 5.56 Å². The minimum atomic E-state index is -0.344. The van der Waals surface area contributed by atoms with Crippen LogP contribution in [0.15, 0.2) is 18.3 Å². The minimum Gasteiger partial charge on any atom is -0.369 e. The average molecular weight is 261 g/mol. The summed E-state index contributed by atoms with van der Waals surface area (Å²) in [6.45, 7) is 6.67. The second-order valence-corrected chi connectivity index (χ2v) is 5.64. The molecule has 0 saturated carbocycles. The molecule has 1 aromatic heterocycles. The molecule has 4 nitrogen and oxygen atoms in total. The van der Waals surface area contributed by atoms with Gasteiger partial charge in [-0.05, 0) is 44.4 Å². The highest BCUT2D eigenvalue weighted by molar-refractivity contribution is 5.81. The Bertz CT molecular complexity index is 443. The number of carbonyl (C=O) groups excluding carboxylic acids is 1. The number of piperidine rings is 1. The zero-order chi connectivity index (χ0) is 13.9. The number of aryl methyl sites for hydroxylation is 1. The van der Waals surface area contributed by atoms with Gasteiger partial charge in [0.2, 0.25) is 5.91 Å². The summed E-state index contributed by atoms with van der Waals surface area (Å²) < 4.78 is 0. The van der Waals surface area contributed by atoms with Crippen molar-refractivity contribution in [2.75, 3.05) is 13.1 Å². The number of pyridine rings is 1. The Morgan fingerprint density at radius 2 is 2.32 bits per heavy atom. The molecule has 104 valence electrons. The van der Waals surface area contributed by atoms with Crippen LogP contribution in [0.1, 0.15) is 37.4 Å². The molecule has 2 rings (SSSR count). The number of nitrogens with zero attached hydrogens (tertiary/aromatic N) is 2. The quantitative estimate of drug-likeness (QED) is 0.900. The zero-order valence-corrected chi connectivity index (χ0v) is 11.9. The third kappa shape index (κ3) is 3.13. The largest absolute Gasteiger partial charge is 0.369 e. The van der Waals surface area contributed by atoms with Crippen LogP contribution in [0.3, 0.4) is 0 Å². The molecule has 0 spiro atoms. The van der Waals surface area contributed by atoms with Gasteiger partial charge in [-0.1, -0.05) is 13.0 Å². The van der Waals surface area contributed by atoms with Crippen molar-refractivity contribution in [1.82, 2.24) is 9.88 Å². The van der Waals surface area contributed by atoms with Gasteiger partial charge in [0, 0.05) is 19.3 Å². The van der Waals surface area contributed by atoms with E-state index in [4.69, 9.17) is 5.73 Å². The molecule has 0 aliphatic carbocycles. The van der Waals surface area contributed by atoms with E-state index in [1.54, 1.807) is 0 Å².